The number of ether oxygens (including phenoxy) is 1. The van der Waals surface area contributed by atoms with Crippen molar-refractivity contribution in [3.05, 3.63) is 29.3 Å². The summed E-state index contributed by atoms with van der Waals surface area (Å²) in [6, 6.07) is 5.89. The van der Waals surface area contributed by atoms with Gasteiger partial charge in [0.1, 0.15) is 5.75 Å². The molecule has 1 aromatic rings. The Morgan fingerprint density at radius 3 is 2.70 bits per heavy atom. The first-order valence-electron chi connectivity index (χ1n) is 9.98. The lowest BCUT2D eigenvalue weighted by atomic mass is 10.1. The van der Waals surface area contributed by atoms with Crippen LogP contribution in [0.5, 0.6) is 5.75 Å². The number of methoxy groups -OCH3 is 1. The number of nitrogens with one attached hydrogen (secondary N) is 3. The number of hydrogen-bond donors (Lipinski definition) is 3. The van der Waals surface area contributed by atoms with E-state index in [4.69, 9.17) is 4.74 Å². The van der Waals surface area contributed by atoms with Crippen LogP contribution in [-0.2, 0) is 21.1 Å². The molecule has 1 heterocycles. The van der Waals surface area contributed by atoms with E-state index in [-0.39, 0.29) is 53.9 Å². The predicted molar refractivity (Wildman–Crippen MR) is 131 cm³/mol. The summed E-state index contributed by atoms with van der Waals surface area (Å²) in [5.74, 6) is 1.55. The number of aryl methyl sites for hydroxylation is 1. The summed E-state index contributed by atoms with van der Waals surface area (Å²) in [4.78, 5) is 16.4. The van der Waals surface area contributed by atoms with E-state index in [1.807, 2.05) is 26.0 Å². The molecule has 1 unspecified atom stereocenters. The van der Waals surface area contributed by atoms with Gasteiger partial charge in [0.15, 0.2) is 15.8 Å². The normalized spacial score (nSPS) is 17.7. The highest BCUT2D eigenvalue weighted by Crippen LogP contribution is 2.19. The quantitative estimate of drug-likeness (QED) is 0.243. The van der Waals surface area contributed by atoms with Crippen LogP contribution in [0.4, 0.5) is 0 Å². The minimum absolute atomic E-state index is 0. The second-order valence-electron chi connectivity index (χ2n) is 7.16. The lowest BCUT2D eigenvalue weighted by Crippen LogP contribution is -2.39. The molecule has 1 fully saturated rings. The Morgan fingerprint density at radius 2 is 2.07 bits per heavy atom. The van der Waals surface area contributed by atoms with Crippen molar-refractivity contribution in [1.82, 2.24) is 16.0 Å². The molecular weight excluding hydrogens is 519 g/mol. The molecule has 3 N–H and O–H groups in total. The first kappa shape index (κ1) is 26.5. The first-order chi connectivity index (χ1) is 13.8. The highest BCUT2D eigenvalue weighted by Gasteiger charge is 2.28. The van der Waals surface area contributed by atoms with Gasteiger partial charge < -0.3 is 20.7 Å². The molecule has 1 aliphatic heterocycles. The third-order valence-corrected chi connectivity index (χ3v) is 6.50. The van der Waals surface area contributed by atoms with E-state index in [0.717, 1.165) is 24.3 Å². The summed E-state index contributed by atoms with van der Waals surface area (Å²) in [7, 11) is -1.32. The highest BCUT2D eigenvalue weighted by molar-refractivity contribution is 14.0. The lowest BCUT2D eigenvalue weighted by Gasteiger charge is -2.13. The predicted octanol–water partition coefficient (Wildman–Crippen LogP) is 1.41. The molecule has 8 nitrogen and oxygen atoms in total. The largest absolute Gasteiger partial charge is 0.496 e. The van der Waals surface area contributed by atoms with E-state index in [1.54, 1.807) is 7.11 Å². The van der Waals surface area contributed by atoms with E-state index < -0.39 is 9.84 Å². The van der Waals surface area contributed by atoms with Gasteiger partial charge in [-0.1, -0.05) is 12.1 Å². The molecular formula is C20H33IN4O4S. The fourth-order valence-electron chi connectivity index (χ4n) is 3.16. The maximum absolute atomic E-state index is 12.0. The van der Waals surface area contributed by atoms with Gasteiger partial charge in [0.05, 0.1) is 25.2 Å². The van der Waals surface area contributed by atoms with Crippen molar-refractivity contribution in [3.63, 3.8) is 0 Å². The van der Waals surface area contributed by atoms with Gasteiger partial charge in [0.25, 0.3) is 0 Å². The maximum atomic E-state index is 12.0. The van der Waals surface area contributed by atoms with Crippen LogP contribution in [0.15, 0.2) is 23.2 Å². The smallest absolute Gasteiger partial charge is 0.222 e. The van der Waals surface area contributed by atoms with Crippen LogP contribution in [-0.4, -0.2) is 64.6 Å². The molecule has 0 spiro atoms. The number of nitrogens with zero attached hydrogens (tertiary/aromatic N) is 1. The zero-order chi connectivity index (χ0) is 21.3. The molecule has 0 aliphatic carbocycles. The summed E-state index contributed by atoms with van der Waals surface area (Å²) in [5.41, 5.74) is 2.27. The van der Waals surface area contributed by atoms with E-state index in [2.05, 4.69) is 27.0 Å². The number of carbonyl (C=O) groups is 1. The fraction of sp³-hybridized carbons (Fsp3) is 0.600. The van der Waals surface area contributed by atoms with Gasteiger partial charge in [-0.3, -0.25) is 9.79 Å². The third kappa shape index (κ3) is 9.07. The van der Waals surface area contributed by atoms with E-state index >= 15 is 0 Å². The summed E-state index contributed by atoms with van der Waals surface area (Å²) >= 11 is 0. The van der Waals surface area contributed by atoms with Crippen LogP contribution in [0.1, 0.15) is 30.9 Å². The lowest BCUT2D eigenvalue weighted by molar-refractivity contribution is -0.121. The molecule has 0 radical (unpaired) electrons. The molecule has 1 aliphatic rings. The standard InChI is InChI=1S/C20H32N4O4S.HI/c1-4-21-20(22-10-7-16-6-5-15(2)18(13-16)28-3)23-11-8-19(25)24-17-9-12-29(26,27)14-17;/h5-6,13,17H,4,7-12,14H2,1-3H3,(H,24,25)(H2,21,22,23);1H. The highest BCUT2D eigenvalue weighted by atomic mass is 127. The Morgan fingerprint density at radius 1 is 1.30 bits per heavy atom. The van der Waals surface area contributed by atoms with Gasteiger partial charge in [0, 0.05) is 25.6 Å². The van der Waals surface area contributed by atoms with E-state index in [1.165, 1.54) is 5.56 Å². The third-order valence-electron chi connectivity index (χ3n) is 4.73. The van der Waals surface area contributed by atoms with Crippen LogP contribution < -0.4 is 20.7 Å². The average Bonchev–Trinajstić information content (AvgIpc) is 3.01. The topological polar surface area (TPSA) is 109 Å². The molecule has 0 saturated carbocycles. The first-order valence-corrected chi connectivity index (χ1v) is 11.8. The molecule has 2 rings (SSSR count). The number of carbonyl (C=O) groups excluding carboxylic acids is 1. The van der Waals surface area contributed by atoms with Crippen molar-refractivity contribution in [1.29, 1.82) is 0 Å². The van der Waals surface area contributed by atoms with E-state index in [9.17, 15) is 13.2 Å². The van der Waals surface area contributed by atoms with Gasteiger partial charge in [-0.15, -0.1) is 24.0 Å². The molecule has 170 valence electrons. The van der Waals surface area contributed by atoms with Crippen molar-refractivity contribution in [2.45, 2.75) is 39.2 Å². The Hall–Kier alpha value is -1.56. The number of hydrogen-bond acceptors (Lipinski definition) is 5. The Bertz CT molecular complexity index is 830. The molecule has 10 heteroatoms. The molecule has 0 bridgehead atoms. The molecule has 1 aromatic carbocycles. The number of sulfone groups is 1. The van der Waals surface area contributed by atoms with Gasteiger partial charge in [-0.2, -0.15) is 0 Å². The van der Waals surface area contributed by atoms with Gasteiger partial charge in [0.2, 0.25) is 5.91 Å². The summed E-state index contributed by atoms with van der Waals surface area (Å²) in [6.45, 7) is 5.74. The van der Waals surface area contributed by atoms with Crippen LogP contribution in [0, 0.1) is 6.92 Å². The van der Waals surface area contributed by atoms with Crippen molar-refractivity contribution < 1.29 is 17.9 Å². The zero-order valence-corrected chi connectivity index (χ0v) is 21.0. The minimum Gasteiger partial charge on any atom is -0.496 e. The van der Waals surface area contributed by atoms with Crippen LogP contribution in [0.2, 0.25) is 0 Å². The zero-order valence-electron chi connectivity index (χ0n) is 17.9. The molecule has 1 atom stereocenters. The van der Waals surface area contributed by atoms with Crippen LogP contribution in [0.25, 0.3) is 0 Å². The number of halogens is 1. The minimum atomic E-state index is -2.99. The van der Waals surface area contributed by atoms with Gasteiger partial charge in [-0.25, -0.2) is 8.42 Å². The summed E-state index contributed by atoms with van der Waals surface area (Å²) in [5, 5.41) is 9.21. The van der Waals surface area contributed by atoms with Crippen molar-refractivity contribution in [3.8, 4) is 5.75 Å². The summed E-state index contributed by atoms with van der Waals surface area (Å²) < 4.78 is 28.3. The maximum Gasteiger partial charge on any atom is 0.222 e. The van der Waals surface area contributed by atoms with Gasteiger partial charge in [-0.05, 0) is 43.9 Å². The number of aliphatic imine (C=N–C) groups is 1. The average molecular weight is 552 g/mol. The molecule has 1 saturated heterocycles. The molecule has 1 amide bonds. The number of amides is 1. The van der Waals surface area contributed by atoms with Crippen LogP contribution in [0.3, 0.4) is 0 Å². The van der Waals surface area contributed by atoms with Crippen molar-refractivity contribution >= 4 is 45.7 Å². The second kappa shape index (κ2) is 13.0. The fourth-order valence-corrected chi connectivity index (χ4v) is 4.84. The van der Waals surface area contributed by atoms with Gasteiger partial charge >= 0.3 is 0 Å². The molecule has 30 heavy (non-hydrogen) atoms. The van der Waals surface area contributed by atoms with E-state index in [0.29, 0.717) is 25.5 Å². The second-order valence-corrected chi connectivity index (χ2v) is 9.39. The van der Waals surface area contributed by atoms with Crippen molar-refractivity contribution in [2.24, 2.45) is 4.99 Å². The number of guanidine groups is 1. The monoisotopic (exact) mass is 552 g/mol. The Balaban J connectivity index is 0.00000450. The van der Waals surface area contributed by atoms with Crippen LogP contribution >= 0.6 is 24.0 Å². The molecule has 0 aromatic heterocycles. The Labute approximate surface area is 196 Å². The Kier molecular flexibility index (Phi) is 11.5. The summed E-state index contributed by atoms with van der Waals surface area (Å²) in [6.07, 6.45) is 1.53. The van der Waals surface area contributed by atoms with Crippen molar-refractivity contribution in [2.75, 3.05) is 38.2 Å². The number of benzene rings is 1. The SMILES string of the molecule is CCNC(=NCCC(=O)NC1CCS(=O)(=O)C1)NCCc1ccc(C)c(OC)c1.I. The number of rotatable bonds is 9.